The summed E-state index contributed by atoms with van der Waals surface area (Å²) in [7, 11) is 1.52. The fourth-order valence-electron chi connectivity index (χ4n) is 3.16. The molecule has 0 aliphatic carbocycles. The quantitative estimate of drug-likeness (QED) is 0.499. The summed E-state index contributed by atoms with van der Waals surface area (Å²) in [6.45, 7) is 2.65. The third-order valence-electron chi connectivity index (χ3n) is 4.85. The van der Waals surface area contributed by atoms with Crippen molar-refractivity contribution in [2.75, 3.05) is 13.7 Å². The van der Waals surface area contributed by atoms with Crippen LogP contribution in [0.3, 0.4) is 0 Å². The number of benzene rings is 1. The van der Waals surface area contributed by atoms with Crippen LogP contribution in [0.2, 0.25) is 0 Å². The molecular weight excluding hydrogens is 451 g/mol. The summed E-state index contributed by atoms with van der Waals surface area (Å²) >= 11 is 0. The van der Waals surface area contributed by atoms with Crippen molar-refractivity contribution in [3.05, 3.63) is 47.2 Å². The molecule has 12 heteroatoms. The molecule has 1 amide bonds. The molecule has 1 aromatic carbocycles. The second kappa shape index (κ2) is 9.20. The highest BCUT2D eigenvalue weighted by Gasteiger charge is 2.60. The molecule has 0 radical (unpaired) electrons. The van der Waals surface area contributed by atoms with Crippen molar-refractivity contribution >= 4 is 16.9 Å². The Hall–Kier alpha value is -3.44. The van der Waals surface area contributed by atoms with Crippen molar-refractivity contribution in [2.24, 2.45) is 0 Å². The summed E-state index contributed by atoms with van der Waals surface area (Å²) in [6, 6.07) is 7.38. The number of ether oxygens (including phenoxy) is 2. The van der Waals surface area contributed by atoms with Crippen LogP contribution in [0.4, 0.5) is 22.0 Å². The summed E-state index contributed by atoms with van der Waals surface area (Å²) in [5, 5.41) is 6.14. The van der Waals surface area contributed by atoms with Gasteiger partial charge in [-0.15, -0.1) is 0 Å². The van der Waals surface area contributed by atoms with Gasteiger partial charge in [-0.3, -0.25) is 4.79 Å². The topological polar surface area (TPSA) is 78.3 Å². The lowest BCUT2D eigenvalue weighted by Crippen LogP contribution is -2.34. The van der Waals surface area contributed by atoms with Crippen LogP contribution in [0.1, 0.15) is 23.7 Å². The number of nitrogens with zero attached hydrogens (tertiary/aromatic N) is 3. The summed E-state index contributed by atoms with van der Waals surface area (Å²) in [4.78, 5) is 16.1. The molecule has 0 spiro atoms. The molecule has 7 nitrogen and oxygen atoms in total. The summed E-state index contributed by atoms with van der Waals surface area (Å²) < 4.78 is 79.3. The molecule has 0 saturated heterocycles. The predicted octanol–water partition coefficient (Wildman–Crippen LogP) is 4.12. The van der Waals surface area contributed by atoms with Crippen LogP contribution >= 0.6 is 0 Å². The van der Waals surface area contributed by atoms with E-state index in [-0.39, 0.29) is 24.4 Å². The van der Waals surface area contributed by atoms with Gasteiger partial charge in [-0.25, -0.2) is 4.68 Å². The number of rotatable bonds is 8. The van der Waals surface area contributed by atoms with Gasteiger partial charge in [-0.2, -0.15) is 32.0 Å². The Kier molecular flexibility index (Phi) is 6.75. The van der Waals surface area contributed by atoms with E-state index < -0.39 is 41.4 Å². The average Bonchev–Trinajstić information content (AvgIpc) is 3.10. The van der Waals surface area contributed by atoms with E-state index in [4.69, 9.17) is 9.47 Å². The monoisotopic (exact) mass is 472 g/mol. The molecule has 0 unspecified atom stereocenters. The Balaban J connectivity index is 1.82. The van der Waals surface area contributed by atoms with Crippen LogP contribution in [-0.4, -0.2) is 40.6 Å². The number of aromatic nitrogens is 3. The minimum absolute atomic E-state index is 0.0259. The summed E-state index contributed by atoms with van der Waals surface area (Å²) in [6.07, 6.45) is -5.84. The first kappa shape index (κ1) is 24.2. The summed E-state index contributed by atoms with van der Waals surface area (Å²) in [5.74, 6) is -5.69. The second-order valence-electron chi connectivity index (χ2n) is 7.09. The van der Waals surface area contributed by atoms with E-state index in [9.17, 15) is 26.7 Å². The van der Waals surface area contributed by atoms with Gasteiger partial charge in [0.1, 0.15) is 5.75 Å². The molecule has 3 aromatic rings. The van der Waals surface area contributed by atoms with Crippen LogP contribution < -0.4 is 14.8 Å². The first-order valence-corrected chi connectivity index (χ1v) is 9.83. The van der Waals surface area contributed by atoms with Crippen LogP contribution in [-0.2, 0) is 23.8 Å². The molecule has 1 N–H and O–H groups in total. The normalized spacial score (nSPS) is 12.1. The number of carbonyl (C=O) groups excluding carboxylic acids is 1. The van der Waals surface area contributed by atoms with Gasteiger partial charge in [-0.1, -0.05) is 12.1 Å². The number of carbonyl (C=O) groups is 1. The minimum atomic E-state index is -5.84. The van der Waals surface area contributed by atoms with Gasteiger partial charge in [0.05, 0.1) is 18.2 Å². The highest BCUT2D eigenvalue weighted by Crippen LogP contribution is 2.47. The molecule has 3 rings (SSSR count). The maximum Gasteiger partial charge on any atom is 0.458 e. The fraction of sp³-hybridized carbons (Fsp3) is 0.381. The predicted molar refractivity (Wildman–Crippen MR) is 108 cm³/mol. The number of methoxy groups -OCH3 is 1. The Labute approximate surface area is 185 Å². The number of halogens is 5. The maximum absolute atomic E-state index is 14.3. The molecule has 178 valence electrons. The van der Waals surface area contributed by atoms with E-state index in [1.165, 1.54) is 18.7 Å². The van der Waals surface area contributed by atoms with Gasteiger partial charge in [0.15, 0.2) is 12.3 Å². The lowest BCUT2D eigenvalue weighted by Gasteiger charge is -2.21. The molecule has 0 atom stereocenters. The largest absolute Gasteiger partial charge is 0.497 e. The highest BCUT2D eigenvalue weighted by atomic mass is 19.4. The first-order valence-electron chi connectivity index (χ1n) is 9.83. The number of hydrogen-bond acceptors (Lipinski definition) is 5. The van der Waals surface area contributed by atoms with E-state index in [0.29, 0.717) is 11.8 Å². The van der Waals surface area contributed by atoms with Gasteiger partial charge in [0, 0.05) is 24.7 Å². The zero-order valence-corrected chi connectivity index (χ0v) is 18.0. The van der Waals surface area contributed by atoms with Crippen molar-refractivity contribution < 1.29 is 36.2 Å². The lowest BCUT2D eigenvalue weighted by atomic mass is 10.0. The number of hydrogen-bond donors (Lipinski definition) is 1. The average molecular weight is 472 g/mol. The number of amides is 1. The SMILES string of the molecule is CCn1nc(C)c2c(C(F)(F)C(F)(F)F)cc(OCC(=O)NCc3ccc(OC)cc3)nc21. The zero-order chi connectivity index (χ0) is 24.4. The Morgan fingerprint density at radius 3 is 2.39 bits per heavy atom. The highest BCUT2D eigenvalue weighted by molar-refractivity contribution is 5.84. The van der Waals surface area contributed by atoms with Gasteiger partial charge >= 0.3 is 12.1 Å². The maximum atomic E-state index is 14.3. The number of nitrogens with one attached hydrogen (secondary N) is 1. The van der Waals surface area contributed by atoms with Crippen LogP contribution in [0, 0.1) is 6.92 Å². The Morgan fingerprint density at radius 2 is 1.82 bits per heavy atom. The van der Waals surface area contributed by atoms with Gasteiger partial charge in [0.2, 0.25) is 5.88 Å². The molecule has 2 aromatic heterocycles. The third-order valence-corrected chi connectivity index (χ3v) is 4.85. The van der Waals surface area contributed by atoms with Gasteiger partial charge in [-0.05, 0) is 31.5 Å². The molecule has 0 fully saturated rings. The van der Waals surface area contributed by atoms with E-state index in [1.807, 2.05) is 0 Å². The molecule has 33 heavy (non-hydrogen) atoms. The Morgan fingerprint density at radius 1 is 1.15 bits per heavy atom. The van der Waals surface area contributed by atoms with Crippen molar-refractivity contribution in [1.29, 1.82) is 0 Å². The van der Waals surface area contributed by atoms with Gasteiger partial charge in [0.25, 0.3) is 5.91 Å². The second-order valence-corrected chi connectivity index (χ2v) is 7.09. The van der Waals surface area contributed by atoms with Crippen molar-refractivity contribution in [3.8, 4) is 11.6 Å². The van der Waals surface area contributed by atoms with Crippen LogP contribution in [0.5, 0.6) is 11.6 Å². The minimum Gasteiger partial charge on any atom is -0.497 e. The van der Waals surface area contributed by atoms with Gasteiger partial charge < -0.3 is 14.8 Å². The van der Waals surface area contributed by atoms with E-state index in [2.05, 4.69) is 15.4 Å². The van der Waals surface area contributed by atoms with Crippen molar-refractivity contribution in [1.82, 2.24) is 20.1 Å². The molecule has 0 aliphatic heterocycles. The van der Waals surface area contributed by atoms with E-state index in [1.54, 1.807) is 31.2 Å². The summed E-state index contributed by atoms with van der Waals surface area (Å²) in [5.41, 5.74) is -0.781. The smallest absolute Gasteiger partial charge is 0.458 e. The number of alkyl halides is 5. The fourth-order valence-corrected chi connectivity index (χ4v) is 3.16. The lowest BCUT2D eigenvalue weighted by molar-refractivity contribution is -0.288. The van der Waals surface area contributed by atoms with E-state index in [0.717, 1.165) is 5.56 Å². The zero-order valence-electron chi connectivity index (χ0n) is 18.0. The standard InChI is InChI=1S/C21H21F5N4O3/c1-4-30-19-18(12(2)29-30)15(20(22,23)21(24,25)26)9-17(28-19)33-11-16(31)27-10-13-5-7-14(32-3)8-6-13/h5-9H,4,10-11H2,1-3H3,(H,27,31). The molecule has 2 heterocycles. The molecular formula is C21H21F5N4O3. The first-order chi connectivity index (χ1) is 15.5. The van der Waals surface area contributed by atoms with Crippen LogP contribution in [0.25, 0.3) is 11.0 Å². The number of aryl methyl sites for hydroxylation is 2. The Bertz CT molecular complexity index is 1140. The van der Waals surface area contributed by atoms with Crippen molar-refractivity contribution in [3.63, 3.8) is 0 Å². The number of pyridine rings is 1. The molecule has 0 saturated carbocycles. The third kappa shape index (κ3) is 4.99. The number of fused-ring (bicyclic) bond motifs is 1. The molecule has 0 bridgehead atoms. The van der Waals surface area contributed by atoms with E-state index >= 15 is 0 Å². The van der Waals surface area contributed by atoms with Crippen molar-refractivity contribution in [2.45, 2.75) is 39.0 Å². The molecule has 0 aliphatic rings. The van der Waals surface area contributed by atoms with Crippen LogP contribution in [0.15, 0.2) is 30.3 Å².